The van der Waals surface area contributed by atoms with Gasteiger partial charge in [0.15, 0.2) is 0 Å². The number of Topliss-reactive ketones (excluding diaryl/α,β-unsaturated/α-hetero) is 1. The minimum Gasteiger partial charge on any atom is -0.300 e. The van der Waals surface area contributed by atoms with E-state index in [9.17, 15) is 9.18 Å². The van der Waals surface area contributed by atoms with E-state index in [1.807, 2.05) is 0 Å². The van der Waals surface area contributed by atoms with Gasteiger partial charge in [-0.3, -0.25) is 4.79 Å². The van der Waals surface area contributed by atoms with Gasteiger partial charge < -0.3 is 0 Å². The minimum absolute atomic E-state index is 0.00734. The van der Waals surface area contributed by atoms with E-state index in [4.69, 9.17) is 0 Å². The van der Waals surface area contributed by atoms with Gasteiger partial charge in [-0.2, -0.15) is 0 Å². The molecule has 16 heavy (non-hydrogen) atoms. The molecule has 0 amide bonds. The molecule has 1 saturated carbocycles. The Morgan fingerprint density at radius 1 is 1.50 bits per heavy atom. The van der Waals surface area contributed by atoms with Gasteiger partial charge in [-0.05, 0) is 42.0 Å². The Balaban J connectivity index is 2.20. The summed E-state index contributed by atoms with van der Waals surface area (Å²) in [5, 5.41) is 0. The monoisotopic (exact) mass is 284 g/mol. The molecule has 1 unspecified atom stereocenters. The summed E-state index contributed by atoms with van der Waals surface area (Å²) in [6.07, 6.45) is 2.96. The van der Waals surface area contributed by atoms with Crippen molar-refractivity contribution in [3.8, 4) is 0 Å². The predicted molar refractivity (Wildman–Crippen MR) is 64.8 cm³/mol. The van der Waals surface area contributed by atoms with Crippen molar-refractivity contribution in [3.63, 3.8) is 0 Å². The molecular formula is C13H14BrFO. The highest BCUT2D eigenvalue weighted by atomic mass is 79.9. The van der Waals surface area contributed by atoms with Gasteiger partial charge in [-0.1, -0.05) is 22.9 Å². The fraction of sp³-hybridized carbons (Fsp3) is 0.462. The topological polar surface area (TPSA) is 17.1 Å². The Kier molecular flexibility index (Phi) is 3.15. The Morgan fingerprint density at radius 2 is 2.25 bits per heavy atom. The fourth-order valence-corrected chi connectivity index (χ4v) is 2.77. The molecule has 1 atom stereocenters. The summed E-state index contributed by atoms with van der Waals surface area (Å²) >= 11 is 3.43. The number of hydrogen-bond acceptors (Lipinski definition) is 1. The molecule has 0 spiro atoms. The van der Waals surface area contributed by atoms with Crippen LogP contribution in [0.3, 0.4) is 0 Å². The molecule has 0 radical (unpaired) electrons. The van der Waals surface area contributed by atoms with Gasteiger partial charge in [0.05, 0.1) is 0 Å². The summed E-state index contributed by atoms with van der Waals surface area (Å²) in [4.78, 5) is 11.3. The molecule has 0 N–H and O–H groups in total. The second-order valence-electron chi connectivity index (χ2n) is 4.94. The third-order valence-corrected chi connectivity index (χ3v) is 4.03. The van der Waals surface area contributed by atoms with Crippen LogP contribution < -0.4 is 0 Å². The van der Waals surface area contributed by atoms with Crippen molar-refractivity contribution in [1.29, 1.82) is 0 Å². The summed E-state index contributed by atoms with van der Waals surface area (Å²) in [5.74, 6) is 0.112. The van der Waals surface area contributed by atoms with Crippen LogP contribution in [-0.2, 0) is 11.2 Å². The molecule has 1 aromatic rings. The molecule has 0 aromatic heterocycles. The molecule has 0 saturated heterocycles. The second kappa shape index (κ2) is 4.28. The van der Waals surface area contributed by atoms with E-state index >= 15 is 0 Å². The van der Waals surface area contributed by atoms with E-state index in [0.717, 1.165) is 22.9 Å². The van der Waals surface area contributed by atoms with Crippen molar-refractivity contribution in [1.82, 2.24) is 0 Å². The van der Waals surface area contributed by atoms with Crippen LogP contribution in [0.1, 0.15) is 31.7 Å². The first-order valence-electron chi connectivity index (χ1n) is 5.44. The quantitative estimate of drug-likeness (QED) is 0.805. The zero-order valence-electron chi connectivity index (χ0n) is 9.22. The molecule has 1 aromatic carbocycles. The molecule has 0 heterocycles. The molecule has 1 aliphatic rings. The van der Waals surface area contributed by atoms with Crippen LogP contribution in [0, 0.1) is 11.2 Å². The van der Waals surface area contributed by atoms with Crippen LogP contribution in [0.5, 0.6) is 0 Å². The van der Waals surface area contributed by atoms with Crippen molar-refractivity contribution in [2.24, 2.45) is 5.41 Å². The van der Waals surface area contributed by atoms with E-state index in [0.29, 0.717) is 18.6 Å². The van der Waals surface area contributed by atoms with Gasteiger partial charge >= 0.3 is 0 Å². The van der Waals surface area contributed by atoms with E-state index in [2.05, 4.69) is 22.9 Å². The van der Waals surface area contributed by atoms with Crippen molar-refractivity contribution in [3.05, 3.63) is 34.1 Å². The number of hydrogen-bond donors (Lipinski definition) is 0. The van der Waals surface area contributed by atoms with Crippen molar-refractivity contribution in [2.75, 3.05) is 0 Å². The Hall–Kier alpha value is -0.700. The highest BCUT2D eigenvalue weighted by Gasteiger charge is 2.34. The molecule has 3 heteroatoms. The maximum Gasteiger partial charge on any atom is 0.133 e. The minimum atomic E-state index is -0.217. The van der Waals surface area contributed by atoms with Crippen LogP contribution in [0.25, 0.3) is 0 Å². The third-order valence-electron chi connectivity index (χ3n) is 3.26. The van der Waals surface area contributed by atoms with Crippen LogP contribution in [-0.4, -0.2) is 5.78 Å². The first kappa shape index (κ1) is 11.8. The standard InChI is InChI=1S/C13H14BrFO/c1-13(5-4-11(16)8-13)7-9-6-10(15)2-3-12(9)14/h2-3,6H,4-5,7-8H2,1H3. The van der Waals surface area contributed by atoms with Gasteiger partial charge in [0.1, 0.15) is 11.6 Å². The Bertz CT molecular complexity index is 430. The zero-order chi connectivity index (χ0) is 11.8. The smallest absolute Gasteiger partial charge is 0.133 e. The lowest BCUT2D eigenvalue weighted by atomic mass is 9.82. The lowest BCUT2D eigenvalue weighted by Gasteiger charge is -2.23. The third kappa shape index (κ3) is 2.51. The number of halogens is 2. The van der Waals surface area contributed by atoms with Crippen LogP contribution in [0.2, 0.25) is 0 Å². The fourth-order valence-electron chi connectivity index (χ4n) is 2.38. The first-order chi connectivity index (χ1) is 7.48. The summed E-state index contributed by atoms with van der Waals surface area (Å²) in [5.41, 5.74) is 0.963. The lowest BCUT2D eigenvalue weighted by molar-refractivity contribution is -0.117. The maximum atomic E-state index is 13.1. The van der Waals surface area contributed by atoms with Crippen LogP contribution in [0.4, 0.5) is 4.39 Å². The van der Waals surface area contributed by atoms with Gasteiger partial charge in [-0.15, -0.1) is 0 Å². The largest absolute Gasteiger partial charge is 0.300 e. The van der Waals surface area contributed by atoms with Crippen LogP contribution in [0.15, 0.2) is 22.7 Å². The number of carbonyl (C=O) groups is 1. The Labute approximate surface area is 103 Å². The summed E-state index contributed by atoms with van der Waals surface area (Å²) in [7, 11) is 0. The number of benzene rings is 1. The summed E-state index contributed by atoms with van der Waals surface area (Å²) < 4.78 is 14.1. The predicted octanol–water partition coefficient (Wildman–Crippen LogP) is 3.89. The van der Waals surface area contributed by atoms with Gasteiger partial charge in [-0.25, -0.2) is 4.39 Å². The molecular weight excluding hydrogens is 271 g/mol. The highest BCUT2D eigenvalue weighted by Crippen LogP contribution is 2.39. The normalized spacial score (nSPS) is 25.1. The van der Waals surface area contributed by atoms with Gasteiger partial charge in [0, 0.05) is 17.3 Å². The lowest BCUT2D eigenvalue weighted by Crippen LogP contribution is -2.16. The zero-order valence-corrected chi connectivity index (χ0v) is 10.8. The average molecular weight is 285 g/mol. The average Bonchev–Trinajstić information content (AvgIpc) is 2.52. The van der Waals surface area contributed by atoms with E-state index in [1.165, 1.54) is 6.07 Å². The molecule has 2 rings (SSSR count). The van der Waals surface area contributed by atoms with Crippen molar-refractivity contribution >= 4 is 21.7 Å². The second-order valence-corrected chi connectivity index (χ2v) is 5.79. The van der Waals surface area contributed by atoms with Crippen LogP contribution >= 0.6 is 15.9 Å². The maximum absolute atomic E-state index is 13.1. The first-order valence-corrected chi connectivity index (χ1v) is 6.23. The SMILES string of the molecule is CC1(Cc2cc(F)ccc2Br)CCC(=O)C1. The summed E-state index contributed by atoms with van der Waals surface area (Å²) in [6.45, 7) is 2.11. The number of carbonyl (C=O) groups excluding carboxylic acids is 1. The van der Waals surface area contributed by atoms with Crippen molar-refractivity contribution in [2.45, 2.75) is 32.6 Å². The Morgan fingerprint density at radius 3 is 2.88 bits per heavy atom. The molecule has 1 nitrogen and oxygen atoms in total. The van der Waals surface area contributed by atoms with E-state index in [1.54, 1.807) is 12.1 Å². The molecule has 0 bridgehead atoms. The van der Waals surface area contributed by atoms with Crippen molar-refractivity contribution < 1.29 is 9.18 Å². The summed E-state index contributed by atoms with van der Waals surface area (Å²) in [6, 6.07) is 4.72. The van der Waals surface area contributed by atoms with E-state index in [-0.39, 0.29) is 11.2 Å². The number of ketones is 1. The molecule has 0 aliphatic heterocycles. The molecule has 1 aliphatic carbocycles. The number of rotatable bonds is 2. The van der Waals surface area contributed by atoms with Gasteiger partial charge in [0.25, 0.3) is 0 Å². The molecule has 1 fully saturated rings. The molecule has 86 valence electrons. The highest BCUT2D eigenvalue weighted by molar-refractivity contribution is 9.10. The van der Waals surface area contributed by atoms with Gasteiger partial charge in [0.2, 0.25) is 0 Å². The van der Waals surface area contributed by atoms with E-state index < -0.39 is 0 Å².